The fourth-order valence-corrected chi connectivity index (χ4v) is 2.83. The van der Waals surface area contributed by atoms with Crippen molar-refractivity contribution in [3.63, 3.8) is 0 Å². The average molecular weight is 321 g/mol. The molecule has 0 aromatic heterocycles. The minimum absolute atomic E-state index is 0.0278. The van der Waals surface area contributed by atoms with Crippen LogP contribution in [-0.4, -0.2) is 44.0 Å². The smallest absolute Gasteiger partial charge is 0.220 e. The maximum Gasteiger partial charge on any atom is 0.220 e. The van der Waals surface area contributed by atoms with E-state index in [9.17, 15) is 9.90 Å². The molecule has 1 atom stereocenters. The van der Waals surface area contributed by atoms with Crippen LogP contribution in [0.1, 0.15) is 31.2 Å². The van der Waals surface area contributed by atoms with Gasteiger partial charge in [0.1, 0.15) is 5.75 Å². The summed E-state index contributed by atoms with van der Waals surface area (Å²) in [4.78, 5) is 11.9. The fraction of sp³-hybridized carbons (Fsp3) is 0.611. The molecule has 1 aromatic carbocycles. The summed E-state index contributed by atoms with van der Waals surface area (Å²) in [7, 11) is 1.64. The standard InChI is InChI=1S/C18H27NO4/c1-22-16-5-2-14(3-6-16)4-7-18(21)19-11-8-17(20)15-9-12-23-13-10-15/h2-3,5-6,15,17,20H,4,7-13H2,1H3,(H,19,21)/t17-/m0/s1. The largest absolute Gasteiger partial charge is 0.497 e. The van der Waals surface area contributed by atoms with Gasteiger partial charge in [-0.2, -0.15) is 0 Å². The van der Waals surface area contributed by atoms with Gasteiger partial charge in [0, 0.05) is 26.2 Å². The maximum absolute atomic E-state index is 11.9. The van der Waals surface area contributed by atoms with E-state index in [1.807, 2.05) is 24.3 Å². The van der Waals surface area contributed by atoms with Gasteiger partial charge in [-0.05, 0) is 49.3 Å². The topological polar surface area (TPSA) is 67.8 Å². The fourth-order valence-electron chi connectivity index (χ4n) is 2.83. The molecule has 1 fully saturated rings. The Balaban J connectivity index is 1.60. The zero-order chi connectivity index (χ0) is 16.5. The number of rotatable bonds is 8. The number of hydrogen-bond acceptors (Lipinski definition) is 4. The third-order valence-corrected chi connectivity index (χ3v) is 4.37. The van der Waals surface area contributed by atoms with Gasteiger partial charge in [0.2, 0.25) is 5.91 Å². The van der Waals surface area contributed by atoms with Gasteiger partial charge >= 0.3 is 0 Å². The number of methoxy groups -OCH3 is 1. The second-order valence-corrected chi connectivity index (χ2v) is 6.00. The molecular formula is C18H27NO4. The molecule has 2 N–H and O–H groups in total. The van der Waals surface area contributed by atoms with E-state index in [-0.39, 0.29) is 12.0 Å². The van der Waals surface area contributed by atoms with Crippen molar-refractivity contribution < 1.29 is 19.4 Å². The van der Waals surface area contributed by atoms with Crippen LogP contribution >= 0.6 is 0 Å². The van der Waals surface area contributed by atoms with Gasteiger partial charge in [-0.3, -0.25) is 4.79 Å². The highest BCUT2D eigenvalue weighted by Gasteiger charge is 2.21. The molecule has 1 aliphatic heterocycles. The number of hydrogen-bond donors (Lipinski definition) is 2. The molecular weight excluding hydrogens is 294 g/mol. The second kappa shape index (κ2) is 9.53. The molecule has 23 heavy (non-hydrogen) atoms. The van der Waals surface area contributed by atoms with E-state index in [4.69, 9.17) is 9.47 Å². The Morgan fingerprint density at radius 3 is 2.70 bits per heavy atom. The van der Waals surface area contributed by atoms with Crippen LogP contribution in [-0.2, 0) is 16.0 Å². The Morgan fingerprint density at radius 2 is 2.04 bits per heavy atom. The number of amides is 1. The van der Waals surface area contributed by atoms with Gasteiger partial charge in [0.05, 0.1) is 13.2 Å². The molecule has 0 radical (unpaired) electrons. The summed E-state index contributed by atoms with van der Waals surface area (Å²) in [6, 6.07) is 7.75. The Labute approximate surface area is 138 Å². The molecule has 0 aliphatic carbocycles. The number of carbonyl (C=O) groups is 1. The minimum Gasteiger partial charge on any atom is -0.497 e. The van der Waals surface area contributed by atoms with E-state index in [0.717, 1.165) is 37.4 Å². The minimum atomic E-state index is -0.346. The molecule has 1 saturated heterocycles. The van der Waals surface area contributed by atoms with Gasteiger partial charge in [-0.1, -0.05) is 12.1 Å². The highest BCUT2D eigenvalue weighted by molar-refractivity contribution is 5.76. The lowest BCUT2D eigenvalue weighted by atomic mass is 9.92. The van der Waals surface area contributed by atoms with Gasteiger partial charge in [0.25, 0.3) is 0 Å². The lowest BCUT2D eigenvalue weighted by molar-refractivity contribution is -0.121. The van der Waals surface area contributed by atoms with Crippen LogP contribution in [0.3, 0.4) is 0 Å². The first-order chi connectivity index (χ1) is 11.2. The highest BCUT2D eigenvalue weighted by Crippen LogP contribution is 2.20. The Hall–Kier alpha value is -1.59. The predicted molar refractivity (Wildman–Crippen MR) is 88.5 cm³/mol. The van der Waals surface area contributed by atoms with Crippen LogP contribution in [0, 0.1) is 5.92 Å². The van der Waals surface area contributed by atoms with Crippen molar-refractivity contribution in [2.75, 3.05) is 26.9 Å². The zero-order valence-electron chi connectivity index (χ0n) is 13.8. The number of aryl methyl sites for hydroxylation is 1. The molecule has 1 aromatic rings. The van der Waals surface area contributed by atoms with Crippen LogP contribution in [0.15, 0.2) is 24.3 Å². The third-order valence-electron chi connectivity index (χ3n) is 4.37. The van der Waals surface area contributed by atoms with E-state index in [2.05, 4.69) is 5.32 Å². The summed E-state index contributed by atoms with van der Waals surface area (Å²) in [5, 5.41) is 13.0. The van der Waals surface area contributed by atoms with E-state index >= 15 is 0 Å². The lowest BCUT2D eigenvalue weighted by Gasteiger charge is -2.26. The maximum atomic E-state index is 11.9. The summed E-state index contributed by atoms with van der Waals surface area (Å²) >= 11 is 0. The molecule has 0 bridgehead atoms. The Bertz CT molecular complexity index is 468. The lowest BCUT2D eigenvalue weighted by Crippen LogP contribution is -2.32. The van der Waals surface area contributed by atoms with Crippen molar-refractivity contribution in [1.82, 2.24) is 5.32 Å². The van der Waals surface area contributed by atoms with E-state index in [0.29, 0.717) is 31.7 Å². The number of ether oxygens (including phenoxy) is 2. The van der Waals surface area contributed by atoms with Gasteiger partial charge in [0.15, 0.2) is 0 Å². The molecule has 1 amide bonds. The number of nitrogens with one attached hydrogen (secondary N) is 1. The zero-order valence-corrected chi connectivity index (χ0v) is 13.8. The highest BCUT2D eigenvalue weighted by atomic mass is 16.5. The first-order valence-electron chi connectivity index (χ1n) is 8.34. The monoisotopic (exact) mass is 321 g/mol. The molecule has 1 heterocycles. The van der Waals surface area contributed by atoms with Crippen LogP contribution in [0.5, 0.6) is 5.75 Å². The average Bonchev–Trinajstić information content (AvgIpc) is 2.61. The van der Waals surface area contributed by atoms with Gasteiger partial charge in [-0.15, -0.1) is 0 Å². The molecule has 0 unspecified atom stereocenters. The second-order valence-electron chi connectivity index (χ2n) is 6.00. The van der Waals surface area contributed by atoms with Gasteiger partial charge in [-0.25, -0.2) is 0 Å². The van der Waals surface area contributed by atoms with Crippen LogP contribution < -0.4 is 10.1 Å². The summed E-state index contributed by atoms with van der Waals surface area (Å²) in [5.41, 5.74) is 1.11. The normalized spacial score (nSPS) is 16.8. The number of benzene rings is 1. The molecule has 1 aliphatic rings. The number of carbonyl (C=O) groups excluding carboxylic acids is 1. The molecule has 128 valence electrons. The van der Waals surface area contributed by atoms with Crippen molar-refractivity contribution >= 4 is 5.91 Å². The third kappa shape index (κ3) is 6.20. The summed E-state index contributed by atoms with van der Waals surface area (Å²) < 4.78 is 10.4. The quantitative estimate of drug-likeness (QED) is 0.768. The predicted octanol–water partition coefficient (Wildman–Crippen LogP) is 1.92. The van der Waals surface area contributed by atoms with Crippen molar-refractivity contribution in [1.29, 1.82) is 0 Å². The van der Waals surface area contributed by atoms with Crippen molar-refractivity contribution in [2.45, 2.75) is 38.2 Å². The summed E-state index contributed by atoms with van der Waals surface area (Å²) in [5.74, 6) is 1.15. The van der Waals surface area contributed by atoms with Crippen molar-refractivity contribution in [3.05, 3.63) is 29.8 Å². The van der Waals surface area contributed by atoms with Crippen molar-refractivity contribution in [3.8, 4) is 5.75 Å². The van der Waals surface area contributed by atoms with Gasteiger partial charge < -0.3 is 19.9 Å². The molecule has 0 spiro atoms. The van der Waals surface area contributed by atoms with Crippen LogP contribution in [0.4, 0.5) is 0 Å². The summed E-state index contributed by atoms with van der Waals surface area (Å²) in [6.45, 7) is 1.99. The Kier molecular flexibility index (Phi) is 7.36. The van der Waals surface area contributed by atoms with E-state index in [1.165, 1.54) is 0 Å². The van der Waals surface area contributed by atoms with Crippen LogP contribution in [0.25, 0.3) is 0 Å². The Morgan fingerprint density at radius 1 is 1.35 bits per heavy atom. The molecule has 5 heteroatoms. The van der Waals surface area contributed by atoms with Crippen molar-refractivity contribution in [2.24, 2.45) is 5.92 Å². The number of aliphatic hydroxyl groups is 1. The van der Waals surface area contributed by atoms with E-state index in [1.54, 1.807) is 7.11 Å². The first kappa shape index (κ1) is 17.8. The van der Waals surface area contributed by atoms with Crippen LogP contribution in [0.2, 0.25) is 0 Å². The number of aliphatic hydroxyl groups excluding tert-OH is 1. The first-order valence-corrected chi connectivity index (χ1v) is 8.34. The van der Waals surface area contributed by atoms with E-state index < -0.39 is 0 Å². The SMILES string of the molecule is COc1ccc(CCC(=O)NCC[C@H](O)C2CCOCC2)cc1. The molecule has 0 saturated carbocycles. The molecule has 5 nitrogen and oxygen atoms in total. The molecule has 2 rings (SSSR count). The summed E-state index contributed by atoms with van der Waals surface area (Å²) in [6.07, 6.45) is 3.25.